The van der Waals surface area contributed by atoms with E-state index in [2.05, 4.69) is 5.32 Å². The lowest BCUT2D eigenvalue weighted by Gasteiger charge is -2.25. The van der Waals surface area contributed by atoms with Crippen LogP contribution in [0.3, 0.4) is 0 Å². The molecule has 4 nitrogen and oxygen atoms in total. The van der Waals surface area contributed by atoms with Crippen molar-refractivity contribution in [3.05, 3.63) is 16.3 Å². The summed E-state index contributed by atoms with van der Waals surface area (Å²) in [5.41, 5.74) is 0. The van der Waals surface area contributed by atoms with Crippen LogP contribution in [0.1, 0.15) is 31.1 Å². The smallest absolute Gasteiger partial charge is 0.243 e. The van der Waals surface area contributed by atoms with Gasteiger partial charge in [0.25, 0.3) is 0 Å². The molecule has 1 aliphatic rings. The minimum absolute atomic E-state index is 0.0536. The van der Waals surface area contributed by atoms with Crippen molar-refractivity contribution >= 4 is 33.1 Å². The Morgan fingerprint density at radius 3 is 2.81 bits per heavy atom. The van der Waals surface area contributed by atoms with Crippen LogP contribution in [0.15, 0.2) is 16.3 Å². The summed E-state index contributed by atoms with van der Waals surface area (Å²) in [6.07, 6.45) is 5.32. The first-order valence-corrected chi connectivity index (χ1v) is 11.0. The Hall–Kier alpha value is -0.0800. The summed E-state index contributed by atoms with van der Waals surface area (Å²) in [6.45, 7) is 2.81. The maximum absolute atomic E-state index is 12.7. The van der Waals surface area contributed by atoms with Crippen molar-refractivity contribution in [3.8, 4) is 0 Å². The molecule has 1 heterocycles. The highest BCUT2D eigenvalue weighted by molar-refractivity contribution is 7.98. The molecule has 1 aromatic rings. The maximum Gasteiger partial charge on any atom is 0.243 e. The third-order valence-electron chi connectivity index (χ3n) is 3.79. The van der Waals surface area contributed by atoms with E-state index in [-0.39, 0.29) is 6.04 Å². The summed E-state index contributed by atoms with van der Waals surface area (Å²) in [7, 11) is -1.68. The summed E-state index contributed by atoms with van der Waals surface area (Å²) >= 11 is 3.21. The van der Waals surface area contributed by atoms with Crippen LogP contribution in [0.4, 0.5) is 0 Å². The molecular formula is C14H24N2O2S3. The molecule has 0 saturated heterocycles. The van der Waals surface area contributed by atoms with E-state index in [0.29, 0.717) is 10.9 Å². The van der Waals surface area contributed by atoms with E-state index in [1.807, 2.05) is 19.2 Å². The Balaban J connectivity index is 2.06. The SMILES string of the molecule is CCC(CSC)N(C)S(=O)(=O)c1csc(CNC2CC2)c1. The van der Waals surface area contributed by atoms with Crippen molar-refractivity contribution in [2.45, 2.75) is 49.7 Å². The second-order valence-corrected chi connectivity index (χ2v) is 9.35. The Morgan fingerprint density at radius 1 is 1.52 bits per heavy atom. The minimum Gasteiger partial charge on any atom is -0.309 e. The predicted octanol–water partition coefficient (Wildman–Crippen LogP) is 2.76. The van der Waals surface area contributed by atoms with Crippen LogP contribution in [-0.4, -0.2) is 43.9 Å². The zero-order chi connectivity index (χ0) is 15.5. The highest BCUT2D eigenvalue weighted by atomic mass is 32.2. The van der Waals surface area contributed by atoms with Gasteiger partial charge in [-0.3, -0.25) is 0 Å². The number of hydrogen-bond acceptors (Lipinski definition) is 5. The Bertz CT molecular complexity index is 552. The molecule has 1 N–H and O–H groups in total. The van der Waals surface area contributed by atoms with Gasteiger partial charge in [-0.1, -0.05) is 6.92 Å². The first-order valence-electron chi connectivity index (χ1n) is 7.26. The van der Waals surface area contributed by atoms with E-state index in [1.165, 1.54) is 28.5 Å². The monoisotopic (exact) mass is 348 g/mol. The van der Waals surface area contributed by atoms with E-state index < -0.39 is 10.0 Å². The number of sulfonamides is 1. The largest absolute Gasteiger partial charge is 0.309 e. The Labute approximate surface area is 136 Å². The molecular weight excluding hydrogens is 324 g/mol. The van der Waals surface area contributed by atoms with E-state index >= 15 is 0 Å². The second kappa shape index (κ2) is 7.46. The average molecular weight is 349 g/mol. The molecule has 0 spiro atoms. The first-order chi connectivity index (χ1) is 9.98. The van der Waals surface area contributed by atoms with E-state index in [1.54, 1.807) is 24.2 Å². The molecule has 1 unspecified atom stereocenters. The van der Waals surface area contributed by atoms with Crippen LogP contribution in [0.5, 0.6) is 0 Å². The van der Waals surface area contributed by atoms with Gasteiger partial charge in [0.2, 0.25) is 10.0 Å². The molecule has 1 fully saturated rings. The van der Waals surface area contributed by atoms with Crippen molar-refractivity contribution in [2.75, 3.05) is 19.1 Å². The van der Waals surface area contributed by atoms with Gasteiger partial charge in [0.1, 0.15) is 0 Å². The average Bonchev–Trinajstić information content (AvgIpc) is 3.17. The topological polar surface area (TPSA) is 49.4 Å². The summed E-state index contributed by atoms with van der Waals surface area (Å²) in [6, 6.07) is 2.51. The molecule has 21 heavy (non-hydrogen) atoms. The van der Waals surface area contributed by atoms with Gasteiger partial charge in [0.15, 0.2) is 0 Å². The van der Waals surface area contributed by atoms with E-state index in [0.717, 1.165) is 23.6 Å². The molecule has 1 atom stereocenters. The van der Waals surface area contributed by atoms with E-state index in [4.69, 9.17) is 0 Å². The van der Waals surface area contributed by atoms with Crippen molar-refractivity contribution in [1.82, 2.24) is 9.62 Å². The lowest BCUT2D eigenvalue weighted by Crippen LogP contribution is -2.38. The van der Waals surface area contributed by atoms with E-state index in [9.17, 15) is 8.42 Å². The van der Waals surface area contributed by atoms with Gasteiger partial charge in [-0.15, -0.1) is 11.3 Å². The maximum atomic E-state index is 12.7. The molecule has 0 aliphatic heterocycles. The van der Waals surface area contributed by atoms with Crippen LogP contribution in [-0.2, 0) is 16.6 Å². The van der Waals surface area contributed by atoms with Gasteiger partial charge in [-0.25, -0.2) is 8.42 Å². The molecule has 0 amide bonds. The lowest BCUT2D eigenvalue weighted by atomic mass is 10.3. The fourth-order valence-electron chi connectivity index (χ4n) is 2.16. The number of rotatable bonds is 9. The first kappa shape index (κ1) is 17.3. The summed E-state index contributed by atoms with van der Waals surface area (Å²) in [4.78, 5) is 1.52. The van der Waals surface area contributed by atoms with Crippen LogP contribution in [0, 0.1) is 0 Å². The molecule has 0 bridgehead atoms. The molecule has 1 aromatic heterocycles. The van der Waals surface area contributed by atoms with Crippen molar-refractivity contribution in [3.63, 3.8) is 0 Å². The van der Waals surface area contributed by atoms with Gasteiger partial charge < -0.3 is 5.32 Å². The molecule has 1 aliphatic carbocycles. The number of nitrogens with one attached hydrogen (secondary N) is 1. The van der Waals surface area contributed by atoms with Crippen LogP contribution < -0.4 is 5.32 Å². The van der Waals surface area contributed by atoms with Gasteiger partial charge in [0.05, 0.1) is 4.90 Å². The minimum atomic E-state index is -3.37. The van der Waals surface area contributed by atoms with Crippen molar-refractivity contribution in [2.24, 2.45) is 0 Å². The van der Waals surface area contributed by atoms with Gasteiger partial charge >= 0.3 is 0 Å². The highest BCUT2D eigenvalue weighted by Crippen LogP contribution is 2.26. The van der Waals surface area contributed by atoms with Crippen molar-refractivity contribution < 1.29 is 8.42 Å². The fourth-order valence-corrected chi connectivity index (χ4v) is 5.74. The molecule has 120 valence electrons. The van der Waals surface area contributed by atoms with Crippen LogP contribution in [0.2, 0.25) is 0 Å². The molecule has 1 saturated carbocycles. The fraction of sp³-hybridized carbons (Fsp3) is 0.714. The lowest BCUT2D eigenvalue weighted by molar-refractivity contribution is 0.385. The van der Waals surface area contributed by atoms with Gasteiger partial charge in [-0.2, -0.15) is 16.1 Å². The summed E-state index contributed by atoms with van der Waals surface area (Å²) in [5.74, 6) is 0.826. The Kier molecular flexibility index (Phi) is 6.14. The third kappa shape index (κ3) is 4.45. The van der Waals surface area contributed by atoms with Crippen molar-refractivity contribution in [1.29, 1.82) is 0 Å². The Morgan fingerprint density at radius 2 is 2.24 bits per heavy atom. The highest BCUT2D eigenvalue weighted by Gasteiger charge is 2.28. The van der Waals surface area contributed by atoms with Crippen LogP contribution >= 0.6 is 23.1 Å². The summed E-state index contributed by atoms with van der Waals surface area (Å²) in [5, 5.41) is 5.19. The second-order valence-electron chi connectivity index (χ2n) is 5.44. The van der Waals surface area contributed by atoms with Gasteiger partial charge in [-0.05, 0) is 31.6 Å². The number of thiophene rings is 1. The zero-order valence-corrected chi connectivity index (χ0v) is 15.3. The standard InChI is InChI=1S/C14H24N2O2S3/c1-4-12(9-19-3)16(2)21(17,18)14-7-13(20-10-14)8-15-11-5-6-11/h7,10-12,15H,4-6,8-9H2,1-3H3. The molecule has 0 aromatic carbocycles. The third-order valence-corrected chi connectivity index (χ3v) is 7.49. The number of thioether (sulfide) groups is 1. The predicted molar refractivity (Wildman–Crippen MR) is 91.6 cm³/mol. The quantitative estimate of drug-likeness (QED) is 0.745. The molecule has 0 radical (unpaired) electrons. The summed E-state index contributed by atoms with van der Waals surface area (Å²) < 4.78 is 26.9. The molecule has 7 heteroatoms. The number of nitrogens with zero attached hydrogens (tertiary/aromatic N) is 1. The number of hydrogen-bond donors (Lipinski definition) is 1. The van der Waals surface area contributed by atoms with Gasteiger partial charge in [0, 0.05) is 41.7 Å². The molecule has 2 rings (SSSR count). The zero-order valence-electron chi connectivity index (χ0n) is 12.8. The normalized spacial score (nSPS) is 17.3. The van der Waals surface area contributed by atoms with Crippen LogP contribution in [0.25, 0.3) is 0 Å².